The van der Waals surface area contributed by atoms with Crippen molar-refractivity contribution in [1.82, 2.24) is 0 Å². The van der Waals surface area contributed by atoms with E-state index < -0.39 is 5.97 Å². The van der Waals surface area contributed by atoms with Crippen LogP contribution in [0.4, 0.5) is 10.1 Å². The number of halogens is 1. The molecule has 116 valence electrons. The monoisotopic (exact) mass is 308 g/mol. The van der Waals surface area contributed by atoms with Crippen molar-refractivity contribution in [1.29, 1.82) is 0 Å². The van der Waals surface area contributed by atoms with Gasteiger partial charge in [0.05, 0.1) is 12.0 Å². The van der Waals surface area contributed by atoms with Gasteiger partial charge in [-0.25, -0.2) is 4.39 Å². The van der Waals surface area contributed by atoms with Crippen molar-refractivity contribution in [3.05, 3.63) is 77.1 Å². The molecule has 0 bridgehead atoms. The van der Waals surface area contributed by atoms with Gasteiger partial charge >= 0.3 is 0 Å². The summed E-state index contributed by atoms with van der Waals surface area (Å²) in [6, 6.07) is 11.7. The van der Waals surface area contributed by atoms with Gasteiger partial charge < -0.3 is 15.2 Å². The molecule has 2 aromatic carbocycles. The zero-order valence-corrected chi connectivity index (χ0v) is 12.3. The maximum absolute atomic E-state index is 13.6. The van der Waals surface area contributed by atoms with Gasteiger partial charge in [0.25, 0.3) is 0 Å². The molecule has 4 rings (SSSR count). The Bertz CT molecular complexity index is 798. The molecule has 4 heteroatoms. The molecular formula is C19H15FNO2-. The molecule has 0 spiro atoms. The zero-order chi connectivity index (χ0) is 16.0. The third kappa shape index (κ3) is 2.31. The molecule has 0 saturated carbocycles. The van der Waals surface area contributed by atoms with Crippen molar-refractivity contribution < 1.29 is 14.3 Å². The molecule has 0 saturated heterocycles. The molecule has 1 N–H and O–H groups in total. The SMILES string of the molecule is O=C([O-])c1ccc([C@H]2Nc3ccc(F)cc3[C@H]3C=CC[C@H]32)cc1. The molecule has 0 amide bonds. The summed E-state index contributed by atoms with van der Waals surface area (Å²) in [7, 11) is 0. The number of carbonyl (C=O) groups is 1. The highest BCUT2D eigenvalue weighted by Gasteiger charge is 2.37. The number of carbonyl (C=O) groups excluding carboxylic acids is 1. The summed E-state index contributed by atoms with van der Waals surface area (Å²) >= 11 is 0. The highest BCUT2D eigenvalue weighted by Crippen LogP contribution is 2.49. The summed E-state index contributed by atoms with van der Waals surface area (Å²) < 4.78 is 13.6. The van der Waals surface area contributed by atoms with Crippen LogP contribution in [0.2, 0.25) is 0 Å². The first-order valence-electron chi connectivity index (χ1n) is 7.67. The van der Waals surface area contributed by atoms with Crippen LogP contribution in [-0.4, -0.2) is 5.97 Å². The number of carboxylic acids is 1. The van der Waals surface area contributed by atoms with Gasteiger partial charge in [-0.05, 0) is 47.2 Å². The maximum atomic E-state index is 13.6. The van der Waals surface area contributed by atoms with Crippen LogP contribution < -0.4 is 10.4 Å². The Hall–Kier alpha value is -2.62. The van der Waals surface area contributed by atoms with E-state index in [4.69, 9.17) is 0 Å². The number of aromatic carboxylic acids is 1. The van der Waals surface area contributed by atoms with Crippen LogP contribution in [-0.2, 0) is 0 Å². The Labute approximate surface area is 133 Å². The minimum Gasteiger partial charge on any atom is -0.545 e. The molecule has 3 nitrogen and oxygen atoms in total. The van der Waals surface area contributed by atoms with Gasteiger partial charge in [-0.2, -0.15) is 0 Å². The van der Waals surface area contributed by atoms with Crippen LogP contribution in [0.15, 0.2) is 54.6 Å². The molecule has 1 aliphatic carbocycles. The smallest absolute Gasteiger partial charge is 0.123 e. The molecule has 0 aromatic heterocycles. The normalized spacial score (nSPS) is 24.7. The topological polar surface area (TPSA) is 52.2 Å². The van der Waals surface area contributed by atoms with E-state index in [0.717, 1.165) is 23.2 Å². The fourth-order valence-electron chi connectivity index (χ4n) is 3.72. The Kier molecular flexibility index (Phi) is 3.18. The molecule has 23 heavy (non-hydrogen) atoms. The van der Waals surface area contributed by atoms with E-state index in [0.29, 0.717) is 5.92 Å². The highest BCUT2D eigenvalue weighted by atomic mass is 19.1. The summed E-state index contributed by atoms with van der Waals surface area (Å²) in [5.41, 5.74) is 3.14. The third-order valence-electron chi connectivity index (χ3n) is 4.83. The van der Waals surface area contributed by atoms with Gasteiger partial charge in [0.15, 0.2) is 0 Å². The molecule has 1 heterocycles. The van der Waals surface area contributed by atoms with Crippen molar-refractivity contribution in [3.8, 4) is 0 Å². The van der Waals surface area contributed by atoms with Gasteiger partial charge in [-0.15, -0.1) is 0 Å². The molecule has 0 fully saturated rings. The number of rotatable bonds is 2. The first-order valence-corrected chi connectivity index (χ1v) is 7.67. The van der Waals surface area contributed by atoms with Crippen molar-refractivity contribution in [2.45, 2.75) is 18.4 Å². The van der Waals surface area contributed by atoms with E-state index in [9.17, 15) is 14.3 Å². The summed E-state index contributed by atoms with van der Waals surface area (Å²) in [6.45, 7) is 0. The molecule has 1 aliphatic heterocycles. The van der Waals surface area contributed by atoms with Crippen LogP contribution in [0, 0.1) is 11.7 Å². The molecular weight excluding hydrogens is 293 g/mol. The lowest BCUT2D eigenvalue weighted by Gasteiger charge is -2.37. The van der Waals surface area contributed by atoms with Crippen LogP contribution in [0.25, 0.3) is 0 Å². The Morgan fingerprint density at radius 3 is 2.70 bits per heavy atom. The first-order chi connectivity index (χ1) is 11.1. The van der Waals surface area contributed by atoms with Crippen LogP contribution in [0.5, 0.6) is 0 Å². The van der Waals surface area contributed by atoms with Crippen molar-refractivity contribution >= 4 is 11.7 Å². The second-order valence-electron chi connectivity index (χ2n) is 6.12. The Morgan fingerprint density at radius 2 is 1.96 bits per heavy atom. The number of hydrogen-bond acceptors (Lipinski definition) is 3. The van der Waals surface area contributed by atoms with E-state index in [1.165, 1.54) is 6.07 Å². The molecule has 0 radical (unpaired) electrons. The molecule has 2 aliphatic rings. The molecule has 3 atom stereocenters. The van der Waals surface area contributed by atoms with Crippen molar-refractivity contribution in [2.24, 2.45) is 5.92 Å². The van der Waals surface area contributed by atoms with Crippen molar-refractivity contribution in [2.75, 3.05) is 5.32 Å². The number of allylic oxidation sites excluding steroid dienone is 2. The van der Waals surface area contributed by atoms with Crippen LogP contribution >= 0.6 is 0 Å². The highest BCUT2D eigenvalue weighted by molar-refractivity contribution is 5.85. The third-order valence-corrected chi connectivity index (χ3v) is 4.83. The van der Waals surface area contributed by atoms with Gasteiger partial charge in [0.2, 0.25) is 0 Å². The largest absolute Gasteiger partial charge is 0.545 e. The molecule has 2 aromatic rings. The van der Waals surface area contributed by atoms with Crippen LogP contribution in [0.3, 0.4) is 0 Å². The average molecular weight is 308 g/mol. The predicted octanol–water partition coefficient (Wildman–Crippen LogP) is 3.02. The Morgan fingerprint density at radius 1 is 1.17 bits per heavy atom. The fourth-order valence-corrected chi connectivity index (χ4v) is 3.72. The van der Waals surface area contributed by atoms with Gasteiger partial charge in [-0.3, -0.25) is 0 Å². The number of carboxylic acid groups (broad SMARTS) is 1. The van der Waals surface area contributed by atoms with E-state index >= 15 is 0 Å². The fraction of sp³-hybridized carbons (Fsp3) is 0.211. The van der Waals surface area contributed by atoms with Gasteiger partial charge in [0.1, 0.15) is 5.82 Å². The number of anilines is 1. The number of nitrogens with one attached hydrogen (secondary N) is 1. The zero-order valence-electron chi connectivity index (χ0n) is 12.3. The summed E-state index contributed by atoms with van der Waals surface area (Å²) in [5, 5.41) is 14.4. The van der Waals surface area contributed by atoms with E-state index in [2.05, 4.69) is 17.5 Å². The standard InChI is InChI=1S/C19H16FNO2/c20-13-8-9-17-16(10-13)14-2-1-3-15(14)18(21-17)11-4-6-12(7-5-11)19(22)23/h1-2,4-10,14-15,18,21H,3H2,(H,22,23)/p-1/t14-,15+,18+/m0/s1. The Balaban J connectivity index is 1.73. The van der Waals surface area contributed by atoms with E-state index in [-0.39, 0.29) is 23.3 Å². The van der Waals surface area contributed by atoms with E-state index in [1.54, 1.807) is 24.3 Å². The average Bonchev–Trinajstić information content (AvgIpc) is 3.04. The lowest BCUT2D eigenvalue weighted by atomic mass is 9.77. The second kappa shape index (κ2) is 5.23. The second-order valence-corrected chi connectivity index (χ2v) is 6.12. The predicted molar refractivity (Wildman–Crippen MR) is 83.5 cm³/mol. The lowest BCUT2D eigenvalue weighted by Crippen LogP contribution is -2.29. The van der Waals surface area contributed by atoms with E-state index in [1.807, 2.05) is 12.1 Å². The number of fused-ring (bicyclic) bond motifs is 3. The van der Waals surface area contributed by atoms with Gasteiger partial charge in [-0.1, -0.05) is 36.4 Å². The minimum atomic E-state index is -1.17. The number of hydrogen-bond donors (Lipinski definition) is 1. The van der Waals surface area contributed by atoms with Crippen molar-refractivity contribution in [3.63, 3.8) is 0 Å². The van der Waals surface area contributed by atoms with Gasteiger partial charge in [0, 0.05) is 11.6 Å². The molecule has 0 unspecified atom stereocenters. The summed E-state index contributed by atoms with van der Waals surface area (Å²) in [6.07, 6.45) is 5.20. The minimum absolute atomic E-state index is 0.0729. The summed E-state index contributed by atoms with van der Waals surface area (Å²) in [4.78, 5) is 10.9. The maximum Gasteiger partial charge on any atom is 0.123 e. The first kappa shape index (κ1) is 14.0. The lowest BCUT2D eigenvalue weighted by molar-refractivity contribution is -0.255. The van der Waals surface area contributed by atoms with Crippen LogP contribution in [0.1, 0.15) is 39.9 Å². The quantitative estimate of drug-likeness (QED) is 0.868. The summed E-state index contributed by atoms with van der Waals surface area (Å²) in [5.74, 6) is -0.901. The number of benzene rings is 2.